The average Bonchev–Trinajstić information content (AvgIpc) is 2.75. The number of halogens is 3. The summed E-state index contributed by atoms with van der Waals surface area (Å²) in [5.41, 5.74) is 2.44. The monoisotopic (exact) mass is 458 g/mol. The maximum atomic E-state index is 13.3. The first-order valence-electron chi connectivity index (χ1n) is 9.60. The average molecular weight is 459 g/mol. The van der Waals surface area contributed by atoms with Gasteiger partial charge in [0.1, 0.15) is 11.6 Å². The van der Waals surface area contributed by atoms with E-state index in [1.807, 2.05) is 0 Å². The number of carbonyl (C=O) groups is 2. The molecular weight excluding hydrogens is 438 g/mol. The fourth-order valence-electron chi connectivity index (χ4n) is 2.93. The topological polar surface area (TPSA) is 73.5 Å². The number of anilines is 3. The lowest BCUT2D eigenvalue weighted by atomic mass is 10.1. The van der Waals surface area contributed by atoms with Crippen LogP contribution in [-0.2, 0) is 6.54 Å². The summed E-state index contributed by atoms with van der Waals surface area (Å²) in [6.45, 7) is 0.218. The molecule has 0 bridgehead atoms. The summed E-state index contributed by atoms with van der Waals surface area (Å²) >= 11 is 5.73. The number of rotatable bonds is 6. The van der Waals surface area contributed by atoms with E-state index in [1.165, 1.54) is 24.3 Å². The summed E-state index contributed by atoms with van der Waals surface area (Å²) in [5, 5.41) is 7.87. The Bertz CT molecular complexity index is 1140. The van der Waals surface area contributed by atoms with Crippen LogP contribution in [0.4, 0.5) is 30.6 Å². The molecule has 0 radical (unpaired) electrons. The van der Waals surface area contributed by atoms with E-state index < -0.39 is 11.8 Å². The molecule has 166 valence electrons. The van der Waals surface area contributed by atoms with Crippen LogP contribution in [0, 0.1) is 11.6 Å². The van der Waals surface area contributed by atoms with E-state index in [9.17, 15) is 18.4 Å². The molecular formula is C23H21ClF2N4O2. The molecule has 0 saturated carbocycles. The number of carbonyl (C=O) groups excluding carboxylic acids is 2. The number of amides is 3. The molecule has 3 N–H and O–H groups in total. The minimum Gasteiger partial charge on any atom is -0.377 e. The molecule has 0 aliphatic heterocycles. The van der Waals surface area contributed by atoms with Gasteiger partial charge >= 0.3 is 6.03 Å². The zero-order valence-corrected chi connectivity index (χ0v) is 18.1. The molecule has 0 saturated heterocycles. The Kier molecular flexibility index (Phi) is 7.27. The molecule has 0 aliphatic carbocycles. The van der Waals surface area contributed by atoms with Gasteiger partial charge in [-0.05, 0) is 54.1 Å². The Balaban J connectivity index is 1.72. The number of urea groups is 1. The van der Waals surface area contributed by atoms with Gasteiger partial charge in [-0.25, -0.2) is 13.6 Å². The second-order valence-corrected chi connectivity index (χ2v) is 7.55. The zero-order chi connectivity index (χ0) is 23.3. The van der Waals surface area contributed by atoms with Crippen LogP contribution in [-0.4, -0.2) is 26.0 Å². The maximum absolute atomic E-state index is 13.3. The van der Waals surface area contributed by atoms with E-state index >= 15 is 0 Å². The largest absolute Gasteiger partial charge is 0.377 e. The Labute approximate surface area is 189 Å². The smallest absolute Gasteiger partial charge is 0.323 e. The van der Waals surface area contributed by atoms with Crippen molar-refractivity contribution in [3.05, 3.63) is 88.4 Å². The van der Waals surface area contributed by atoms with Gasteiger partial charge in [0, 0.05) is 37.7 Å². The van der Waals surface area contributed by atoms with Crippen molar-refractivity contribution >= 4 is 40.6 Å². The zero-order valence-electron chi connectivity index (χ0n) is 17.4. The molecule has 0 aliphatic rings. The molecule has 3 amide bonds. The van der Waals surface area contributed by atoms with Crippen LogP contribution in [0.2, 0.25) is 5.02 Å². The number of hydrogen-bond donors (Lipinski definition) is 3. The third-order valence-electron chi connectivity index (χ3n) is 4.52. The van der Waals surface area contributed by atoms with Gasteiger partial charge in [-0.2, -0.15) is 0 Å². The summed E-state index contributed by atoms with van der Waals surface area (Å²) in [7, 11) is 3.59. The number of nitrogens with one attached hydrogen (secondary N) is 3. The third-order valence-corrected chi connectivity index (χ3v) is 4.81. The predicted octanol–water partition coefficient (Wildman–Crippen LogP) is 5.26. The lowest BCUT2D eigenvalue weighted by Crippen LogP contribution is -2.26. The SMILES string of the molecule is CN(C)c1ccc(NC(=O)Nc2ccc(F)c(Cl)c2)cc1C(=O)NCc1ccc(F)cc1. The minimum atomic E-state index is -0.590. The van der Waals surface area contributed by atoms with Crippen LogP contribution in [0.15, 0.2) is 60.7 Å². The van der Waals surface area contributed by atoms with Gasteiger partial charge in [0.25, 0.3) is 5.91 Å². The van der Waals surface area contributed by atoms with Crippen molar-refractivity contribution in [3.8, 4) is 0 Å². The normalized spacial score (nSPS) is 10.4. The van der Waals surface area contributed by atoms with E-state index in [4.69, 9.17) is 11.6 Å². The van der Waals surface area contributed by atoms with Gasteiger partial charge in [-0.1, -0.05) is 23.7 Å². The van der Waals surface area contributed by atoms with Crippen molar-refractivity contribution in [1.29, 1.82) is 0 Å². The first-order valence-corrected chi connectivity index (χ1v) is 9.98. The van der Waals surface area contributed by atoms with Gasteiger partial charge < -0.3 is 20.9 Å². The maximum Gasteiger partial charge on any atom is 0.323 e. The summed E-state index contributed by atoms with van der Waals surface area (Å²) in [5.74, 6) is -1.30. The van der Waals surface area contributed by atoms with Gasteiger partial charge in [-0.15, -0.1) is 0 Å². The summed E-state index contributed by atoms with van der Waals surface area (Å²) < 4.78 is 26.3. The van der Waals surface area contributed by atoms with Crippen molar-refractivity contribution in [2.45, 2.75) is 6.54 Å². The molecule has 32 heavy (non-hydrogen) atoms. The molecule has 0 spiro atoms. The van der Waals surface area contributed by atoms with Crippen LogP contribution < -0.4 is 20.9 Å². The third kappa shape index (κ3) is 5.95. The molecule has 6 nitrogen and oxygen atoms in total. The summed E-state index contributed by atoms with van der Waals surface area (Å²) in [6.07, 6.45) is 0. The molecule has 0 atom stereocenters. The number of hydrogen-bond acceptors (Lipinski definition) is 3. The van der Waals surface area contributed by atoms with Crippen molar-refractivity contribution in [2.75, 3.05) is 29.6 Å². The summed E-state index contributed by atoms with van der Waals surface area (Å²) in [6, 6.07) is 14.0. The Morgan fingerprint density at radius 1 is 0.906 bits per heavy atom. The van der Waals surface area contributed by atoms with E-state index in [0.717, 1.165) is 11.6 Å². The summed E-state index contributed by atoms with van der Waals surface area (Å²) in [4.78, 5) is 26.9. The molecule has 0 aromatic heterocycles. The second-order valence-electron chi connectivity index (χ2n) is 7.14. The lowest BCUT2D eigenvalue weighted by molar-refractivity contribution is 0.0951. The Morgan fingerprint density at radius 3 is 2.16 bits per heavy atom. The molecule has 0 heterocycles. The van der Waals surface area contributed by atoms with Crippen LogP contribution in [0.25, 0.3) is 0 Å². The van der Waals surface area contributed by atoms with E-state index in [2.05, 4.69) is 16.0 Å². The molecule has 9 heteroatoms. The van der Waals surface area contributed by atoms with Crippen molar-refractivity contribution in [2.24, 2.45) is 0 Å². The highest BCUT2D eigenvalue weighted by atomic mass is 35.5. The first-order chi connectivity index (χ1) is 15.2. The predicted molar refractivity (Wildman–Crippen MR) is 122 cm³/mol. The highest BCUT2D eigenvalue weighted by Gasteiger charge is 2.15. The van der Waals surface area contributed by atoms with Crippen LogP contribution >= 0.6 is 11.6 Å². The fourth-order valence-corrected chi connectivity index (χ4v) is 3.11. The Hall–Kier alpha value is -3.65. The van der Waals surface area contributed by atoms with Gasteiger partial charge in [-0.3, -0.25) is 4.79 Å². The Morgan fingerprint density at radius 2 is 1.53 bits per heavy atom. The van der Waals surface area contributed by atoms with Crippen LogP contribution in [0.1, 0.15) is 15.9 Å². The minimum absolute atomic E-state index is 0.113. The molecule has 0 unspecified atom stereocenters. The van der Waals surface area contributed by atoms with Crippen molar-refractivity contribution in [3.63, 3.8) is 0 Å². The highest BCUT2D eigenvalue weighted by Crippen LogP contribution is 2.24. The number of benzene rings is 3. The van der Waals surface area contributed by atoms with Crippen LogP contribution in [0.5, 0.6) is 0 Å². The van der Waals surface area contributed by atoms with Gasteiger partial charge in [0.2, 0.25) is 0 Å². The van der Waals surface area contributed by atoms with Gasteiger partial charge in [0.15, 0.2) is 0 Å². The number of nitrogens with zero attached hydrogens (tertiary/aromatic N) is 1. The highest BCUT2D eigenvalue weighted by molar-refractivity contribution is 6.31. The van der Waals surface area contributed by atoms with Crippen LogP contribution in [0.3, 0.4) is 0 Å². The van der Waals surface area contributed by atoms with Crippen molar-refractivity contribution in [1.82, 2.24) is 5.32 Å². The molecule has 3 aromatic rings. The quantitative estimate of drug-likeness (QED) is 0.472. The van der Waals surface area contributed by atoms with E-state index in [0.29, 0.717) is 22.6 Å². The van der Waals surface area contributed by atoms with E-state index in [1.54, 1.807) is 49.3 Å². The standard InChI is InChI=1S/C23H21ClF2N4O2/c1-30(2)21-10-8-16(28-23(32)29-17-7-9-20(26)19(24)12-17)11-18(21)22(31)27-13-14-3-5-15(25)6-4-14/h3-12H,13H2,1-2H3,(H,27,31)(H2,28,29,32). The fraction of sp³-hybridized carbons (Fsp3) is 0.130. The molecule has 3 aromatic carbocycles. The van der Waals surface area contributed by atoms with Gasteiger partial charge in [0.05, 0.1) is 10.6 Å². The molecule has 3 rings (SSSR count). The second kappa shape index (κ2) is 10.1. The first kappa shape index (κ1) is 23.0. The van der Waals surface area contributed by atoms with E-state index in [-0.39, 0.29) is 23.3 Å². The lowest BCUT2D eigenvalue weighted by Gasteiger charge is -2.19. The van der Waals surface area contributed by atoms with Crippen molar-refractivity contribution < 1.29 is 18.4 Å². The molecule has 0 fully saturated rings.